The summed E-state index contributed by atoms with van der Waals surface area (Å²) in [4.78, 5) is 2.57. The monoisotopic (exact) mass is 264 g/mol. The molecule has 0 amide bonds. The predicted octanol–water partition coefficient (Wildman–Crippen LogP) is 3.40. The predicted molar refractivity (Wildman–Crippen MR) is 79.0 cm³/mol. The molecule has 0 aromatic carbocycles. The zero-order valence-electron chi connectivity index (χ0n) is 13.0. The summed E-state index contributed by atoms with van der Waals surface area (Å²) >= 11 is 0. The summed E-state index contributed by atoms with van der Waals surface area (Å²) in [6.45, 7) is 14.2. The van der Waals surface area contributed by atoms with Gasteiger partial charge in [0.1, 0.15) is 5.76 Å². The van der Waals surface area contributed by atoms with Crippen molar-refractivity contribution in [1.29, 1.82) is 0 Å². The highest BCUT2D eigenvalue weighted by Crippen LogP contribution is 2.25. The minimum atomic E-state index is 0.125. The standard InChI is InChI=1S/C16H28N2O/c1-12-8-13(2)18(10-12)11-14-6-7-19-15(14)9-17-16(3,4)5/h6-7,12-13,17H,8-11H2,1-5H3. The van der Waals surface area contributed by atoms with Crippen LogP contribution in [0.3, 0.4) is 0 Å². The van der Waals surface area contributed by atoms with Gasteiger partial charge in [0.25, 0.3) is 0 Å². The Hall–Kier alpha value is -0.800. The number of nitrogens with one attached hydrogen (secondary N) is 1. The first kappa shape index (κ1) is 14.6. The lowest BCUT2D eigenvalue weighted by Gasteiger charge is -2.22. The molecule has 0 bridgehead atoms. The molecular weight excluding hydrogens is 236 g/mol. The maximum absolute atomic E-state index is 5.64. The molecule has 3 nitrogen and oxygen atoms in total. The summed E-state index contributed by atoms with van der Waals surface area (Å²) in [6, 6.07) is 2.81. The summed E-state index contributed by atoms with van der Waals surface area (Å²) in [7, 11) is 0. The van der Waals surface area contributed by atoms with Gasteiger partial charge in [-0.15, -0.1) is 0 Å². The second-order valence-corrected chi connectivity index (χ2v) is 7.09. The van der Waals surface area contributed by atoms with Crippen molar-refractivity contribution in [3.8, 4) is 0 Å². The quantitative estimate of drug-likeness (QED) is 0.903. The Labute approximate surface area is 117 Å². The number of hydrogen-bond donors (Lipinski definition) is 1. The van der Waals surface area contributed by atoms with Gasteiger partial charge in [0, 0.05) is 30.2 Å². The largest absolute Gasteiger partial charge is 0.468 e. The van der Waals surface area contributed by atoms with Crippen LogP contribution in [0, 0.1) is 5.92 Å². The second kappa shape index (κ2) is 5.68. The van der Waals surface area contributed by atoms with Gasteiger partial charge in [-0.1, -0.05) is 6.92 Å². The van der Waals surface area contributed by atoms with Gasteiger partial charge < -0.3 is 9.73 Å². The van der Waals surface area contributed by atoms with Crippen LogP contribution in [0.4, 0.5) is 0 Å². The van der Waals surface area contributed by atoms with E-state index in [1.165, 1.54) is 18.5 Å². The highest BCUT2D eigenvalue weighted by molar-refractivity contribution is 5.17. The number of likely N-dealkylation sites (tertiary alicyclic amines) is 1. The molecule has 2 atom stereocenters. The molecule has 0 spiro atoms. The van der Waals surface area contributed by atoms with Crippen molar-refractivity contribution in [3.63, 3.8) is 0 Å². The fraction of sp³-hybridized carbons (Fsp3) is 0.750. The van der Waals surface area contributed by atoms with Gasteiger partial charge in [-0.3, -0.25) is 4.90 Å². The van der Waals surface area contributed by atoms with E-state index in [2.05, 4.69) is 50.9 Å². The van der Waals surface area contributed by atoms with E-state index in [-0.39, 0.29) is 5.54 Å². The topological polar surface area (TPSA) is 28.4 Å². The van der Waals surface area contributed by atoms with Crippen LogP contribution in [-0.2, 0) is 13.1 Å². The lowest BCUT2D eigenvalue weighted by Crippen LogP contribution is -2.35. The Bertz CT molecular complexity index is 405. The van der Waals surface area contributed by atoms with Crippen LogP contribution in [0.25, 0.3) is 0 Å². The van der Waals surface area contributed by atoms with Crippen LogP contribution in [0.2, 0.25) is 0 Å². The average molecular weight is 264 g/mol. The molecule has 1 aliphatic heterocycles. The number of nitrogens with zero attached hydrogens (tertiary/aromatic N) is 1. The van der Waals surface area contributed by atoms with Crippen molar-refractivity contribution >= 4 is 0 Å². The summed E-state index contributed by atoms with van der Waals surface area (Å²) < 4.78 is 5.64. The van der Waals surface area contributed by atoms with Gasteiger partial charge in [-0.25, -0.2) is 0 Å². The Kier molecular flexibility index (Phi) is 4.36. The Balaban J connectivity index is 1.96. The highest BCUT2D eigenvalue weighted by Gasteiger charge is 2.27. The third kappa shape index (κ3) is 4.08. The van der Waals surface area contributed by atoms with Crippen LogP contribution in [0.5, 0.6) is 0 Å². The maximum Gasteiger partial charge on any atom is 0.122 e. The number of hydrogen-bond acceptors (Lipinski definition) is 3. The number of rotatable bonds is 4. The zero-order chi connectivity index (χ0) is 14.0. The van der Waals surface area contributed by atoms with Crippen LogP contribution >= 0.6 is 0 Å². The molecule has 1 aliphatic rings. The molecular formula is C16H28N2O. The molecule has 0 radical (unpaired) electrons. The normalized spacial score (nSPS) is 25.1. The average Bonchev–Trinajstić information content (AvgIpc) is 2.83. The van der Waals surface area contributed by atoms with Crippen molar-refractivity contribution < 1.29 is 4.42 Å². The minimum Gasteiger partial charge on any atom is -0.468 e. The summed E-state index contributed by atoms with van der Waals surface area (Å²) in [5, 5.41) is 3.50. The van der Waals surface area contributed by atoms with Gasteiger partial charge in [-0.05, 0) is 46.1 Å². The lowest BCUT2D eigenvalue weighted by molar-refractivity contribution is 0.253. The van der Waals surface area contributed by atoms with E-state index in [1.54, 1.807) is 0 Å². The van der Waals surface area contributed by atoms with Crippen molar-refractivity contribution in [2.45, 2.75) is 65.7 Å². The van der Waals surface area contributed by atoms with E-state index in [0.717, 1.165) is 24.8 Å². The number of furan rings is 1. The fourth-order valence-electron chi connectivity index (χ4n) is 2.83. The Morgan fingerprint density at radius 1 is 1.37 bits per heavy atom. The minimum absolute atomic E-state index is 0.125. The smallest absolute Gasteiger partial charge is 0.122 e. The van der Waals surface area contributed by atoms with E-state index >= 15 is 0 Å². The molecule has 1 aromatic rings. The molecule has 1 aromatic heterocycles. The van der Waals surface area contributed by atoms with Gasteiger partial charge >= 0.3 is 0 Å². The van der Waals surface area contributed by atoms with Crippen molar-refractivity contribution in [3.05, 3.63) is 23.7 Å². The molecule has 3 heteroatoms. The van der Waals surface area contributed by atoms with Crippen molar-refractivity contribution in [2.24, 2.45) is 5.92 Å². The zero-order valence-corrected chi connectivity index (χ0v) is 13.0. The molecule has 108 valence electrons. The van der Waals surface area contributed by atoms with Crippen LogP contribution in [0.15, 0.2) is 16.7 Å². The van der Waals surface area contributed by atoms with E-state index in [1.807, 2.05) is 6.26 Å². The first-order valence-electron chi connectivity index (χ1n) is 7.39. The van der Waals surface area contributed by atoms with E-state index in [4.69, 9.17) is 4.42 Å². The van der Waals surface area contributed by atoms with E-state index in [0.29, 0.717) is 6.04 Å². The molecule has 0 aliphatic carbocycles. The highest BCUT2D eigenvalue weighted by atomic mass is 16.3. The van der Waals surface area contributed by atoms with Gasteiger partial charge in [0.15, 0.2) is 0 Å². The van der Waals surface area contributed by atoms with Crippen LogP contribution in [-0.4, -0.2) is 23.0 Å². The van der Waals surface area contributed by atoms with Crippen molar-refractivity contribution in [2.75, 3.05) is 6.54 Å². The SMILES string of the molecule is CC1CC(C)N(Cc2ccoc2CNC(C)(C)C)C1. The maximum atomic E-state index is 5.64. The summed E-state index contributed by atoms with van der Waals surface area (Å²) in [5.74, 6) is 1.90. The molecule has 19 heavy (non-hydrogen) atoms. The van der Waals surface area contributed by atoms with Crippen molar-refractivity contribution in [1.82, 2.24) is 10.2 Å². The van der Waals surface area contributed by atoms with Gasteiger partial charge in [-0.2, -0.15) is 0 Å². The van der Waals surface area contributed by atoms with E-state index < -0.39 is 0 Å². The Morgan fingerprint density at radius 3 is 2.68 bits per heavy atom. The molecule has 2 unspecified atom stereocenters. The van der Waals surface area contributed by atoms with E-state index in [9.17, 15) is 0 Å². The molecule has 2 rings (SSSR count). The molecule has 1 N–H and O–H groups in total. The summed E-state index contributed by atoms with van der Waals surface area (Å²) in [5.41, 5.74) is 1.46. The first-order valence-corrected chi connectivity index (χ1v) is 7.39. The molecule has 1 saturated heterocycles. The molecule has 0 saturated carbocycles. The third-order valence-corrected chi connectivity index (χ3v) is 3.90. The fourth-order valence-corrected chi connectivity index (χ4v) is 2.83. The Morgan fingerprint density at radius 2 is 2.11 bits per heavy atom. The first-order chi connectivity index (χ1) is 8.85. The lowest BCUT2D eigenvalue weighted by atomic mass is 10.1. The third-order valence-electron chi connectivity index (χ3n) is 3.90. The van der Waals surface area contributed by atoms with Crippen LogP contribution < -0.4 is 5.32 Å². The summed E-state index contributed by atoms with van der Waals surface area (Å²) in [6.07, 6.45) is 3.13. The molecule has 1 fully saturated rings. The second-order valence-electron chi connectivity index (χ2n) is 7.09. The molecule has 2 heterocycles. The van der Waals surface area contributed by atoms with Gasteiger partial charge in [0.05, 0.1) is 12.8 Å². The van der Waals surface area contributed by atoms with Gasteiger partial charge in [0.2, 0.25) is 0 Å². The van der Waals surface area contributed by atoms with Crippen LogP contribution in [0.1, 0.15) is 52.4 Å².